The number of sulfonamides is 1. The van der Waals surface area contributed by atoms with Gasteiger partial charge >= 0.3 is 0 Å². The topological polar surface area (TPSA) is 92.7 Å². The van der Waals surface area contributed by atoms with E-state index >= 15 is 0 Å². The molecule has 7 nitrogen and oxygen atoms in total. The van der Waals surface area contributed by atoms with Crippen molar-refractivity contribution >= 4 is 32.0 Å². The van der Waals surface area contributed by atoms with Crippen LogP contribution in [-0.4, -0.2) is 34.4 Å². The summed E-state index contributed by atoms with van der Waals surface area (Å²) in [6.45, 7) is 0.252. The number of nitrogens with one attached hydrogen (secondary N) is 2. The summed E-state index contributed by atoms with van der Waals surface area (Å²) in [4.78, 5) is 9.05. The van der Waals surface area contributed by atoms with Crippen molar-refractivity contribution in [2.24, 2.45) is 7.05 Å². The number of benzene rings is 1. The quantitative estimate of drug-likeness (QED) is 0.587. The third kappa shape index (κ3) is 3.01. The van der Waals surface area contributed by atoms with Crippen molar-refractivity contribution in [3.8, 4) is 11.3 Å². The fourth-order valence-corrected chi connectivity index (χ4v) is 3.37. The first-order chi connectivity index (χ1) is 11.9. The molecule has 0 fully saturated rings. The van der Waals surface area contributed by atoms with Crippen LogP contribution < -0.4 is 4.72 Å². The molecular formula is C17H17N5O2S. The minimum atomic E-state index is -3.22. The van der Waals surface area contributed by atoms with Gasteiger partial charge in [0.25, 0.3) is 0 Å². The lowest BCUT2D eigenvalue weighted by Gasteiger charge is -2.04. The molecule has 0 atom stereocenters. The number of hydrogen-bond acceptors (Lipinski definition) is 4. The average Bonchev–Trinajstić information content (AvgIpc) is 3.16. The number of aromatic amines is 1. The highest BCUT2D eigenvalue weighted by Crippen LogP contribution is 2.28. The van der Waals surface area contributed by atoms with Gasteiger partial charge in [0.05, 0.1) is 17.5 Å². The average molecular weight is 355 g/mol. The Labute approximate surface area is 144 Å². The van der Waals surface area contributed by atoms with Gasteiger partial charge in [-0.25, -0.2) is 23.1 Å². The van der Waals surface area contributed by atoms with Crippen LogP contribution in [0.15, 0.2) is 42.7 Å². The second kappa shape index (κ2) is 5.68. The molecule has 4 rings (SSSR count). The standard InChI is InChI=1S/C17H17N5O2S/c1-22-16-13(10-19-22)9-18-17-14(16)7-15(21-17)12-5-3-4-11(6-12)8-20-25(2,23)24/h3-7,9-10,19-20H,8H2,1-2H3. The Bertz CT molecular complexity index is 1190. The van der Waals surface area contributed by atoms with Crippen LogP contribution in [0.1, 0.15) is 5.56 Å². The number of pyridine rings is 1. The second-order valence-corrected chi connectivity index (χ2v) is 7.90. The zero-order valence-corrected chi connectivity index (χ0v) is 14.6. The molecule has 0 aliphatic rings. The normalized spacial score (nSPS) is 12.2. The largest absolute Gasteiger partial charge is 0.305 e. The minimum absolute atomic E-state index is 0.252. The molecule has 0 aliphatic carbocycles. The Balaban J connectivity index is 1.77. The summed E-state index contributed by atoms with van der Waals surface area (Å²) in [5.41, 5.74) is 4.37. The molecule has 0 amide bonds. The van der Waals surface area contributed by atoms with Crippen LogP contribution in [0.5, 0.6) is 0 Å². The molecule has 0 aliphatic heterocycles. The van der Waals surface area contributed by atoms with E-state index in [1.54, 1.807) is 6.20 Å². The van der Waals surface area contributed by atoms with Crippen molar-refractivity contribution in [2.45, 2.75) is 6.54 Å². The summed E-state index contributed by atoms with van der Waals surface area (Å²) in [7, 11) is -1.27. The lowest BCUT2D eigenvalue weighted by molar-refractivity contribution is 0.587. The Morgan fingerprint density at radius 3 is 2.92 bits per heavy atom. The van der Waals surface area contributed by atoms with Crippen molar-refractivity contribution in [2.75, 3.05) is 6.26 Å². The van der Waals surface area contributed by atoms with Crippen molar-refractivity contribution in [1.29, 1.82) is 0 Å². The van der Waals surface area contributed by atoms with Crippen LogP contribution >= 0.6 is 0 Å². The van der Waals surface area contributed by atoms with Gasteiger partial charge in [-0.2, -0.15) is 0 Å². The molecule has 25 heavy (non-hydrogen) atoms. The van der Waals surface area contributed by atoms with Crippen LogP contribution in [0.3, 0.4) is 0 Å². The predicted molar refractivity (Wildman–Crippen MR) is 97.5 cm³/mol. The molecule has 0 saturated carbocycles. The first-order valence-electron chi connectivity index (χ1n) is 7.74. The van der Waals surface area contributed by atoms with E-state index in [1.807, 2.05) is 48.3 Å². The van der Waals surface area contributed by atoms with E-state index < -0.39 is 10.0 Å². The Morgan fingerprint density at radius 1 is 1.28 bits per heavy atom. The van der Waals surface area contributed by atoms with Gasteiger partial charge in [-0.05, 0) is 17.7 Å². The highest BCUT2D eigenvalue weighted by molar-refractivity contribution is 7.88. The van der Waals surface area contributed by atoms with E-state index in [0.717, 1.165) is 39.4 Å². The van der Waals surface area contributed by atoms with Gasteiger partial charge in [0.1, 0.15) is 0 Å². The highest BCUT2D eigenvalue weighted by Gasteiger charge is 2.12. The zero-order chi connectivity index (χ0) is 17.6. The van der Waals surface area contributed by atoms with Crippen LogP contribution in [0.25, 0.3) is 33.2 Å². The summed E-state index contributed by atoms with van der Waals surface area (Å²) < 4.78 is 27.0. The first kappa shape index (κ1) is 15.8. The van der Waals surface area contributed by atoms with E-state index in [0.29, 0.717) is 5.65 Å². The molecule has 2 N–H and O–H groups in total. The summed E-state index contributed by atoms with van der Waals surface area (Å²) >= 11 is 0. The molecule has 4 aromatic rings. The van der Waals surface area contributed by atoms with Crippen LogP contribution in [0.4, 0.5) is 0 Å². The van der Waals surface area contributed by atoms with Gasteiger partial charge in [0.2, 0.25) is 10.0 Å². The number of nitrogens with zero attached hydrogens (tertiary/aromatic N) is 3. The Kier molecular flexibility index (Phi) is 3.59. The van der Waals surface area contributed by atoms with Crippen LogP contribution in [-0.2, 0) is 23.6 Å². The number of hydrogen-bond donors (Lipinski definition) is 2. The monoisotopic (exact) mass is 355 g/mol. The summed E-state index contributed by atoms with van der Waals surface area (Å²) in [5.74, 6) is 0. The predicted octanol–water partition coefficient (Wildman–Crippen LogP) is 2.17. The number of aryl methyl sites for hydroxylation is 1. The number of H-pyrrole nitrogens is 1. The molecule has 1 aromatic carbocycles. The van der Waals surface area contributed by atoms with Gasteiger partial charge in [-0.3, -0.25) is 4.68 Å². The Morgan fingerprint density at radius 2 is 2.12 bits per heavy atom. The maximum Gasteiger partial charge on any atom is 0.209 e. The van der Waals surface area contributed by atoms with Crippen molar-refractivity contribution in [1.82, 2.24) is 24.5 Å². The molecule has 8 heteroatoms. The third-order valence-electron chi connectivity index (χ3n) is 4.11. The molecule has 128 valence electrons. The first-order valence-corrected chi connectivity index (χ1v) is 9.63. The van der Waals surface area contributed by atoms with Crippen LogP contribution in [0.2, 0.25) is 0 Å². The van der Waals surface area contributed by atoms with Crippen molar-refractivity contribution in [3.05, 3.63) is 48.3 Å². The van der Waals surface area contributed by atoms with E-state index in [4.69, 9.17) is 0 Å². The number of fused-ring (bicyclic) bond motifs is 3. The van der Waals surface area contributed by atoms with E-state index in [9.17, 15) is 8.42 Å². The smallest absolute Gasteiger partial charge is 0.209 e. The maximum atomic E-state index is 11.3. The fraction of sp³-hybridized carbons (Fsp3) is 0.176. The van der Waals surface area contributed by atoms with Gasteiger partial charge in [-0.1, -0.05) is 18.2 Å². The maximum absolute atomic E-state index is 11.3. The van der Waals surface area contributed by atoms with Gasteiger partial charge < -0.3 is 5.10 Å². The van der Waals surface area contributed by atoms with Crippen molar-refractivity contribution in [3.63, 3.8) is 0 Å². The number of rotatable bonds is 4. The second-order valence-electron chi connectivity index (χ2n) is 6.07. The minimum Gasteiger partial charge on any atom is -0.305 e. The number of aromatic nitrogens is 4. The molecule has 0 unspecified atom stereocenters. The summed E-state index contributed by atoms with van der Waals surface area (Å²) in [5, 5.41) is 5.15. The molecule has 0 saturated heterocycles. The lowest BCUT2D eigenvalue weighted by atomic mass is 10.1. The molecular weight excluding hydrogens is 338 g/mol. The molecule has 3 heterocycles. The van der Waals surface area contributed by atoms with Gasteiger partial charge in [-0.15, -0.1) is 0 Å². The molecule has 3 aromatic heterocycles. The van der Waals surface area contributed by atoms with Gasteiger partial charge in [0.15, 0.2) is 5.65 Å². The summed E-state index contributed by atoms with van der Waals surface area (Å²) in [6.07, 6.45) is 4.86. The zero-order valence-electron chi connectivity index (χ0n) is 13.8. The van der Waals surface area contributed by atoms with Crippen LogP contribution in [0, 0.1) is 0 Å². The van der Waals surface area contributed by atoms with Crippen molar-refractivity contribution < 1.29 is 8.42 Å². The van der Waals surface area contributed by atoms with Gasteiger partial charge in [0, 0.05) is 42.3 Å². The molecule has 0 radical (unpaired) electrons. The molecule has 0 spiro atoms. The molecule has 0 bridgehead atoms. The highest BCUT2D eigenvalue weighted by atomic mass is 32.2. The van der Waals surface area contributed by atoms with E-state index in [2.05, 4.69) is 19.8 Å². The lowest BCUT2D eigenvalue weighted by Crippen LogP contribution is -2.21. The third-order valence-corrected chi connectivity index (χ3v) is 4.78. The SMILES string of the molecule is Cn1[nH]cc2cnc3nc(-c4cccc(CNS(C)(=O)=O)c4)cc3c21. The van der Waals surface area contributed by atoms with E-state index in [1.165, 1.54) is 0 Å². The fourth-order valence-electron chi connectivity index (χ4n) is 2.94. The summed E-state index contributed by atoms with van der Waals surface area (Å²) in [6, 6.07) is 9.69. The van der Waals surface area contributed by atoms with E-state index in [-0.39, 0.29) is 6.54 Å². The Hall–Kier alpha value is -2.71.